The Morgan fingerprint density at radius 3 is 1.78 bits per heavy atom. The molecule has 0 bridgehead atoms. The fraction of sp³-hybridized carbons (Fsp3) is 0.176. The number of hydrogen-bond donors (Lipinski definition) is 0. The molecule has 0 fully saturated rings. The van der Waals surface area contributed by atoms with E-state index in [1.165, 1.54) is 24.3 Å². The van der Waals surface area contributed by atoms with Gasteiger partial charge in [-0.15, -0.1) is 0 Å². The number of hydrogen-bond acceptors (Lipinski definition) is 4. The van der Waals surface area contributed by atoms with Gasteiger partial charge in [-0.1, -0.05) is 69.6 Å². The smallest absolute Gasteiger partial charge is 0.311 e. The predicted octanol–water partition coefficient (Wildman–Crippen LogP) is 7.29. The van der Waals surface area contributed by atoms with Crippen LogP contribution in [0.3, 0.4) is 0 Å². The Morgan fingerprint density at radius 2 is 1.19 bits per heavy atom. The molecule has 0 atom stereocenters. The maximum absolute atomic E-state index is 11.9. The molecule has 2 aromatic rings. The van der Waals surface area contributed by atoms with Gasteiger partial charge in [-0.05, 0) is 24.6 Å². The Hall–Kier alpha value is -0.880. The van der Waals surface area contributed by atoms with Crippen molar-refractivity contribution in [3.05, 3.63) is 54.4 Å². The van der Waals surface area contributed by atoms with Crippen molar-refractivity contribution in [2.45, 2.75) is 19.3 Å². The highest BCUT2D eigenvalue weighted by molar-refractivity contribution is 6.44. The number of esters is 2. The normalized spacial score (nSPS) is 10.6. The van der Waals surface area contributed by atoms with Crippen molar-refractivity contribution >= 4 is 81.5 Å². The van der Waals surface area contributed by atoms with Crippen molar-refractivity contribution in [3.8, 4) is 11.5 Å². The first-order valence-corrected chi connectivity index (χ1v) is 9.64. The monoisotopic (exact) mass is 488 g/mol. The van der Waals surface area contributed by atoms with Gasteiger partial charge in [-0.2, -0.15) is 0 Å². The molecular formula is C17H10Cl6O4. The van der Waals surface area contributed by atoms with Crippen LogP contribution in [0.15, 0.2) is 24.3 Å². The van der Waals surface area contributed by atoms with Crippen molar-refractivity contribution in [2.24, 2.45) is 0 Å². The van der Waals surface area contributed by atoms with Gasteiger partial charge >= 0.3 is 11.9 Å². The van der Waals surface area contributed by atoms with Gasteiger partial charge < -0.3 is 9.47 Å². The highest BCUT2D eigenvalue weighted by atomic mass is 35.5. The van der Waals surface area contributed by atoms with Gasteiger partial charge in [0.15, 0.2) is 11.5 Å². The first-order valence-electron chi connectivity index (χ1n) is 7.38. The quantitative estimate of drug-likeness (QED) is 0.242. The summed E-state index contributed by atoms with van der Waals surface area (Å²) < 4.78 is 10.2. The molecule has 0 unspecified atom stereocenters. The Bertz CT molecular complexity index is 861. The topological polar surface area (TPSA) is 52.6 Å². The predicted molar refractivity (Wildman–Crippen MR) is 108 cm³/mol. The standard InChI is InChI=1S/C17H10Cl6O4/c18-8-5-11(21)17(12(22)6-8)27-15(25)3-1-2-14(24)26-13-7-9(19)4-10(20)16(13)23/h4-7H,1-3H2. The van der Waals surface area contributed by atoms with Crippen LogP contribution in [0.2, 0.25) is 30.1 Å². The summed E-state index contributed by atoms with van der Waals surface area (Å²) >= 11 is 35.3. The van der Waals surface area contributed by atoms with E-state index in [1.54, 1.807) is 0 Å². The second-order valence-electron chi connectivity index (χ2n) is 5.20. The van der Waals surface area contributed by atoms with Gasteiger partial charge in [-0.3, -0.25) is 9.59 Å². The molecular weight excluding hydrogens is 481 g/mol. The molecule has 144 valence electrons. The van der Waals surface area contributed by atoms with Crippen LogP contribution in [0.1, 0.15) is 19.3 Å². The highest BCUT2D eigenvalue weighted by Gasteiger charge is 2.16. The SMILES string of the molecule is O=C(CCCC(=O)Oc1c(Cl)cc(Cl)cc1Cl)Oc1cc(Cl)cc(Cl)c1Cl. The lowest BCUT2D eigenvalue weighted by molar-refractivity contribution is -0.136. The molecule has 0 spiro atoms. The van der Waals surface area contributed by atoms with Crippen LogP contribution in [0.5, 0.6) is 11.5 Å². The van der Waals surface area contributed by atoms with Crippen LogP contribution in [0, 0.1) is 0 Å². The third kappa shape index (κ3) is 6.60. The zero-order chi connectivity index (χ0) is 20.1. The average Bonchev–Trinajstić information content (AvgIpc) is 2.55. The van der Waals surface area contributed by atoms with Crippen LogP contribution in [0.25, 0.3) is 0 Å². The molecule has 4 nitrogen and oxygen atoms in total. The minimum atomic E-state index is -0.613. The number of halogens is 6. The molecule has 0 saturated carbocycles. The molecule has 0 aliphatic heterocycles. The maximum atomic E-state index is 11.9. The second kappa shape index (κ2) is 10.1. The summed E-state index contributed by atoms with van der Waals surface area (Å²) in [5.41, 5.74) is 0. The van der Waals surface area contributed by atoms with Gasteiger partial charge in [-0.25, -0.2) is 0 Å². The molecule has 0 saturated heterocycles. The van der Waals surface area contributed by atoms with Crippen molar-refractivity contribution in [1.82, 2.24) is 0 Å². The molecule has 2 aromatic carbocycles. The largest absolute Gasteiger partial charge is 0.425 e. The number of rotatable bonds is 6. The van der Waals surface area contributed by atoms with Crippen LogP contribution >= 0.6 is 69.6 Å². The summed E-state index contributed by atoms with van der Waals surface area (Å²) in [6.45, 7) is 0. The summed E-state index contributed by atoms with van der Waals surface area (Å²) in [5, 5.41) is 1.02. The molecule has 0 amide bonds. The lowest BCUT2D eigenvalue weighted by Crippen LogP contribution is -2.12. The lowest BCUT2D eigenvalue weighted by Gasteiger charge is -2.09. The molecule has 0 aliphatic rings. The zero-order valence-electron chi connectivity index (χ0n) is 13.3. The van der Waals surface area contributed by atoms with Crippen molar-refractivity contribution < 1.29 is 19.1 Å². The average molecular weight is 491 g/mol. The van der Waals surface area contributed by atoms with Crippen LogP contribution in [0.4, 0.5) is 0 Å². The molecule has 0 N–H and O–H groups in total. The van der Waals surface area contributed by atoms with Gasteiger partial charge in [0.25, 0.3) is 0 Å². The number of carbonyl (C=O) groups is 2. The van der Waals surface area contributed by atoms with Crippen LogP contribution in [-0.4, -0.2) is 11.9 Å². The number of benzene rings is 2. The van der Waals surface area contributed by atoms with E-state index in [4.69, 9.17) is 79.1 Å². The van der Waals surface area contributed by atoms with Gasteiger partial charge in [0.1, 0.15) is 5.02 Å². The number of ether oxygens (including phenoxy) is 2. The molecule has 0 radical (unpaired) electrons. The van der Waals surface area contributed by atoms with E-state index < -0.39 is 11.9 Å². The summed E-state index contributed by atoms with van der Waals surface area (Å²) in [6.07, 6.45) is 0.0540. The summed E-state index contributed by atoms with van der Waals surface area (Å²) in [5.74, 6) is -1.17. The first-order chi connectivity index (χ1) is 12.7. The van der Waals surface area contributed by atoms with Crippen LogP contribution in [-0.2, 0) is 9.59 Å². The lowest BCUT2D eigenvalue weighted by atomic mass is 10.2. The Morgan fingerprint density at radius 1 is 0.704 bits per heavy atom. The number of carbonyl (C=O) groups excluding carboxylic acids is 2. The Balaban J connectivity index is 1.86. The van der Waals surface area contributed by atoms with Crippen molar-refractivity contribution in [3.63, 3.8) is 0 Å². The van der Waals surface area contributed by atoms with Gasteiger partial charge in [0.05, 0.1) is 15.1 Å². The van der Waals surface area contributed by atoms with E-state index in [1.807, 2.05) is 0 Å². The van der Waals surface area contributed by atoms with Gasteiger partial charge in [0, 0.05) is 29.0 Å². The third-order valence-corrected chi connectivity index (χ3v) is 4.91. The first kappa shape index (κ1) is 22.4. The second-order valence-corrected chi connectivity index (χ2v) is 7.67. The van der Waals surface area contributed by atoms with Crippen molar-refractivity contribution in [1.29, 1.82) is 0 Å². The maximum Gasteiger partial charge on any atom is 0.311 e. The molecule has 0 heterocycles. The van der Waals surface area contributed by atoms with E-state index in [0.717, 1.165) is 0 Å². The van der Waals surface area contributed by atoms with Gasteiger partial charge in [0.2, 0.25) is 0 Å². The molecule has 0 aromatic heterocycles. The van der Waals surface area contributed by atoms with E-state index in [2.05, 4.69) is 0 Å². The molecule has 10 heteroatoms. The van der Waals surface area contributed by atoms with Crippen LogP contribution < -0.4 is 9.47 Å². The fourth-order valence-electron chi connectivity index (χ4n) is 1.95. The van der Waals surface area contributed by atoms with E-state index >= 15 is 0 Å². The van der Waals surface area contributed by atoms with E-state index in [-0.39, 0.29) is 55.9 Å². The van der Waals surface area contributed by atoms with Crippen molar-refractivity contribution in [2.75, 3.05) is 0 Å². The molecule has 27 heavy (non-hydrogen) atoms. The van der Waals surface area contributed by atoms with E-state index in [9.17, 15) is 9.59 Å². The highest BCUT2D eigenvalue weighted by Crippen LogP contribution is 2.37. The zero-order valence-corrected chi connectivity index (χ0v) is 17.9. The molecule has 0 aliphatic carbocycles. The Kier molecular flexibility index (Phi) is 8.35. The summed E-state index contributed by atoms with van der Waals surface area (Å²) in [6, 6.07) is 5.59. The minimum Gasteiger partial charge on any atom is -0.425 e. The fourth-order valence-corrected chi connectivity index (χ4v) is 3.47. The minimum absolute atomic E-state index is 0.00987. The molecule has 2 rings (SSSR count). The Labute approximate surface area is 185 Å². The summed E-state index contributed by atoms with van der Waals surface area (Å²) in [4.78, 5) is 23.8. The van der Waals surface area contributed by atoms with E-state index in [0.29, 0.717) is 5.02 Å². The summed E-state index contributed by atoms with van der Waals surface area (Å²) in [7, 11) is 0. The third-order valence-electron chi connectivity index (χ3n) is 3.12.